The molecule has 2 heterocycles. The second kappa shape index (κ2) is 7.70. The highest BCUT2D eigenvalue weighted by Crippen LogP contribution is 2.44. The van der Waals surface area contributed by atoms with E-state index < -0.39 is 16.9 Å². The Morgan fingerprint density at radius 2 is 1.82 bits per heavy atom. The molecule has 0 bridgehead atoms. The summed E-state index contributed by atoms with van der Waals surface area (Å²) in [5, 5.41) is 14.0. The number of fused-ring (bicyclic) bond motifs is 2. The molecule has 34 heavy (non-hydrogen) atoms. The smallest absolute Gasteiger partial charge is 0.300 e. The van der Waals surface area contributed by atoms with Crippen molar-refractivity contribution in [1.29, 1.82) is 0 Å². The molecule has 3 aromatic rings. The number of carbonyl (C=O) groups is 1. The first kappa shape index (κ1) is 24.0. The molecule has 4 rings (SSSR count). The lowest BCUT2D eigenvalue weighted by atomic mass is 9.85. The first-order valence-electron chi connectivity index (χ1n) is 11.2. The van der Waals surface area contributed by atoms with E-state index in [0.29, 0.717) is 22.7 Å². The standard InChI is InChI=1S/C26H30F2N4O2/c1-14(16-9-8-10-17(11-16)26(27,28)25(5,6)34)29-22-18-12-21-19(13-20(18)30-15(2)31-22)24(3,4)23(33)32(21)7/h8-14,34H,1-7H3,(H,29,30,31)/t14-/m0/s1. The Morgan fingerprint density at radius 1 is 1.15 bits per heavy atom. The average molecular weight is 469 g/mol. The first-order valence-corrected chi connectivity index (χ1v) is 11.2. The Balaban J connectivity index is 1.75. The van der Waals surface area contributed by atoms with Crippen LogP contribution < -0.4 is 10.2 Å². The van der Waals surface area contributed by atoms with E-state index in [1.807, 2.05) is 32.9 Å². The lowest BCUT2D eigenvalue weighted by Gasteiger charge is -2.30. The number of halogens is 2. The van der Waals surface area contributed by atoms with E-state index in [9.17, 15) is 18.7 Å². The number of nitrogens with zero attached hydrogens (tertiary/aromatic N) is 3. The van der Waals surface area contributed by atoms with Gasteiger partial charge in [-0.2, -0.15) is 8.78 Å². The normalized spacial score (nSPS) is 16.6. The Bertz CT molecular complexity index is 1300. The van der Waals surface area contributed by atoms with Crippen molar-refractivity contribution in [2.45, 2.75) is 64.5 Å². The number of aromatic nitrogens is 2. The number of likely N-dealkylation sites (N-methyl/N-ethyl adjacent to an activating group) is 1. The zero-order chi connectivity index (χ0) is 25.2. The monoisotopic (exact) mass is 468 g/mol. The summed E-state index contributed by atoms with van der Waals surface area (Å²) in [6.45, 7) is 9.63. The third-order valence-electron chi connectivity index (χ3n) is 6.67. The molecule has 0 fully saturated rings. The van der Waals surface area contributed by atoms with Crippen molar-refractivity contribution in [3.8, 4) is 0 Å². The lowest BCUT2D eigenvalue weighted by Crippen LogP contribution is -2.40. The number of benzene rings is 2. The number of aryl methyl sites for hydroxylation is 1. The van der Waals surface area contributed by atoms with Crippen LogP contribution in [0.1, 0.15) is 63.2 Å². The minimum absolute atomic E-state index is 0.00918. The van der Waals surface area contributed by atoms with Crippen molar-refractivity contribution < 1.29 is 18.7 Å². The molecule has 0 saturated heterocycles. The summed E-state index contributed by atoms with van der Waals surface area (Å²) < 4.78 is 29.5. The van der Waals surface area contributed by atoms with E-state index in [4.69, 9.17) is 0 Å². The molecule has 1 aromatic heterocycles. The van der Waals surface area contributed by atoms with E-state index in [0.717, 1.165) is 30.5 Å². The second-order valence-electron chi connectivity index (χ2n) is 10.1. The van der Waals surface area contributed by atoms with Crippen LogP contribution >= 0.6 is 0 Å². The van der Waals surface area contributed by atoms with Gasteiger partial charge in [-0.1, -0.05) is 18.2 Å². The maximum Gasteiger partial charge on any atom is 0.300 e. The van der Waals surface area contributed by atoms with Crippen molar-refractivity contribution in [3.05, 3.63) is 58.9 Å². The van der Waals surface area contributed by atoms with Gasteiger partial charge in [0.05, 0.1) is 10.9 Å². The number of carbonyl (C=O) groups excluding carboxylic acids is 1. The molecule has 0 radical (unpaired) electrons. The number of rotatable bonds is 5. The van der Waals surface area contributed by atoms with Gasteiger partial charge in [-0.25, -0.2) is 9.97 Å². The first-order chi connectivity index (χ1) is 15.6. The molecule has 2 aromatic carbocycles. The van der Waals surface area contributed by atoms with Crippen molar-refractivity contribution in [3.63, 3.8) is 0 Å². The van der Waals surface area contributed by atoms with Crippen LogP contribution in [0.4, 0.5) is 20.3 Å². The Kier molecular flexibility index (Phi) is 5.44. The third kappa shape index (κ3) is 3.70. The molecule has 1 aliphatic rings. The highest BCUT2D eigenvalue weighted by atomic mass is 19.3. The van der Waals surface area contributed by atoms with Crippen LogP contribution in [0, 0.1) is 6.92 Å². The minimum atomic E-state index is -3.41. The van der Waals surface area contributed by atoms with Gasteiger partial charge in [0.25, 0.3) is 0 Å². The summed E-state index contributed by atoms with van der Waals surface area (Å²) >= 11 is 0. The topological polar surface area (TPSA) is 78.4 Å². The summed E-state index contributed by atoms with van der Waals surface area (Å²) in [4.78, 5) is 23.5. The van der Waals surface area contributed by atoms with Crippen molar-refractivity contribution in [2.75, 3.05) is 17.3 Å². The predicted octanol–water partition coefficient (Wildman–Crippen LogP) is 5.23. The molecule has 6 nitrogen and oxygen atoms in total. The van der Waals surface area contributed by atoms with Gasteiger partial charge in [0.1, 0.15) is 17.2 Å². The summed E-state index contributed by atoms with van der Waals surface area (Å²) in [5.41, 5.74) is -0.0529. The van der Waals surface area contributed by atoms with E-state index >= 15 is 0 Å². The van der Waals surface area contributed by atoms with Crippen LogP contribution in [0.2, 0.25) is 0 Å². The summed E-state index contributed by atoms with van der Waals surface area (Å²) in [5.74, 6) is -2.29. The van der Waals surface area contributed by atoms with Gasteiger partial charge >= 0.3 is 5.92 Å². The number of hydrogen-bond donors (Lipinski definition) is 2. The van der Waals surface area contributed by atoms with Crippen LogP contribution in [0.15, 0.2) is 36.4 Å². The van der Waals surface area contributed by atoms with Crippen LogP contribution in [0.25, 0.3) is 10.9 Å². The number of nitrogens with one attached hydrogen (secondary N) is 1. The highest BCUT2D eigenvalue weighted by molar-refractivity contribution is 6.10. The SMILES string of the molecule is Cc1nc(N[C@@H](C)c2cccc(C(F)(F)C(C)(C)O)c2)c2cc3c(cc2n1)C(C)(C)C(=O)N3C. The maximum atomic E-state index is 14.7. The lowest BCUT2D eigenvalue weighted by molar-refractivity contribution is -0.168. The molecule has 1 amide bonds. The summed E-state index contributed by atoms with van der Waals surface area (Å²) in [6, 6.07) is 9.51. The van der Waals surface area contributed by atoms with Gasteiger partial charge in [-0.15, -0.1) is 0 Å². The van der Waals surface area contributed by atoms with E-state index in [1.165, 1.54) is 12.1 Å². The fraction of sp³-hybridized carbons (Fsp3) is 0.423. The van der Waals surface area contributed by atoms with Crippen molar-refractivity contribution >= 4 is 28.3 Å². The molecule has 8 heteroatoms. The molecular weight excluding hydrogens is 438 g/mol. The van der Waals surface area contributed by atoms with Gasteiger partial charge < -0.3 is 15.3 Å². The predicted molar refractivity (Wildman–Crippen MR) is 129 cm³/mol. The molecule has 1 atom stereocenters. The average Bonchev–Trinajstić information content (AvgIpc) is 2.91. The number of alkyl halides is 2. The molecule has 0 spiro atoms. The number of aliphatic hydroxyl groups is 1. The summed E-state index contributed by atoms with van der Waals surface area (Å²) in [7, 11) is 1.75. The van der Waals surface area contributed by atoms with Crippen LogP contribution in [0.5, 0.6) is 0 Å². The van der Waals surface area contributed by atoms with E-state index in [1.54, 1.807) is 31.0 Å². The number of amides is 1. The van der Waals surface area contributed by atoms with Gasteiger partial charge in [0.15, 0.2) is 0 Å². The zero-order valence-electron chi connectivity index (χ0n) is 20.5. The maximum absolute atomic E-state index is 14.7. The van der Waals surface area contributed by atoms with Gasteiger partial charge in [0, 0.05) is 29.7 Å². The van der Waals surface area contributed by atoms with Crippen molar-refractivity contribution in [1.82, 2.24) is 9.97 Å². The second-order valence-corrected chi connectivity index (χ2v) is 10.1. The van der Waals surface area contributed by atoms with Crippen LogP contribution in [-0.4, -0.2) is 33.6 Å². The van der Waals surface area contributed by atoms with Crippen molar-refractivity contribution in [2.24, 2.45) is 0 Å². The molecular formula is C26H30F2N4O2. The molecule has 2 N–H and O–H groups in total. The Morgan fingerprint density at radius 3 is 2.47 bits per heavy atom. The van der Waals surface area contributed by atoms with Gasteiger partial charge in [-0.05, 0) is 70.9 Å². The fourth-order valence-corrected chi connectivity index (χ4v) is 4.46. The Labute approximate surface area is 198 Å². The molecule has 0 unspecified atom stereocenters. The van der Waals surface area contributed by atoms with E-state index in [-0.39, 0.29) is 17.5 Å². The molecule has 0 aliphatic carbocycles. The fourth-order valence-electron chi connectivity index (χ4n) is 4.46. The molecule has 180 valence electrons. The number of hydrogen-bond acceptors (Lipinski definition) is 5. The third-order valence-corrected chi connectivity index (χ3v) is 6.67. The highest BCUT2D eigenvalue weighted by Gasteiger charge is 2.47. The largest absolute Gasteiger partial charge is 0.384 e. The molecule has 1 aliphatic heterocycles. The van der Waals surface area contributed by atoms with Gasteiger partial charge in [-0.3, -0.25) is 4.79 Å². The van der Waals surface area contributed by atoms with Crippen LogP contribution in [-0.2, 0) is 16.1 Å². The quantitative estimate of drug-likeness (QED) is 0.536. The summed E-state index contributed by atoms with van der Waals surface area (Å²) in [6.07, 6.45) is 0. The van der Waals surface area contributed by atoms with Crippen LogP contribution in [0.3, 0.4) is 0 Å². The minimum Gasteiger partial charge on any atom is -0.384 e. The number of anilines is 2. The van der Waals surface area contributed by atoms with Gasteiger partial charge in [0.2, 0.25) is 5.91 Å². The zero-order valence-corrected chi connectivity index (χ0v) is 20.5. The Hall–Kier alpha value is -3.13. The molecule has 0 saturated carbocycles. The van der Waals surface area contributed by atoms with E-state index in [2.05, 4.69) is 15.3 Å².